The van der Waals surface area contributed by atoms with Crippen LogP contribution >= 0.6 is 11.8 Å². The molecule has 4 nitrogen and oxygen atoms in total. The van der Waals surface area contributed by atoms with Gasteiger partial charge in [-0.25, -0.2) is 0 Å². The van der Waals surface area contributed by atoms with E-state index in [1.165, 1.54) is 31.5 Å². The zero-order chi connectivity index (χ0) is 14.9. The van der Waals surface area contributed by atoms with E-state index in [1.54, 1.807) is 11.8 Å². The molecule has 1 atom stereocenters. The van der Waals surface area contributed by atoms with Gasteiger partial charge in [0.25, 0.3) is 0 Å². The summed E-state index contributed by atoms with van der Waals surface area (Å²) >= 11 is 1.70. The Labute approximate surface area is 137 Å². The minimum Gasteiger partial charge on any atom is -0.303 e. The van der Waals surface area contributed by atoms with Crippen molar-refractivity contribution in [3.63, 3.8) is 0 Å². The molecule has 0 saturated heterocycles. The Balaban J connectivity index is 1.39. The zero-order valence-corrected chi connectivity index (χ0v) is 14.0. The summed E-state index contributed by atoms with van der Waals surface area (Å²) in [7, 11) is -0.927. The summed E-state index contributed by atoms with van der Waals surface area (Å²) < 4.78 is 14.6. The first-order chi connectivity index (χ1) is 10.8. The van der Waals surface area contributed by atoms with E-state index in [4.69, 9.17) is 0 Å². The Kier molecular flexibility index (Phi) is 4.05. The number of benzene rings is 1. The highest BCUT2D eigenvalue weighted by molar-refractivity contribution is 8.00. The van der Waals surface area contributed by atoms with Gasteiger partial charge in [-0.2, -0.15) is 0 Å². The molecule has 0 aliphatic heterocycles. The fourth-order valence-electron chi connectivity index (χ4n) is 2.58. The van der Waals surface area contributed by atoms with Crippen molar-refractivity contribution in [3.8, 4) is 0 Å². The lowest BCUT2D eigenvalue weighted by atomic mass is 10.4. The molecule has 2 aromatic rings. The fraction of sp³-hybridized carbons (Fsp3) is 0.500. The third kappa shape index (κ3) is 3.13. The number of aromatic nitrogens is 3. The normalized spacial score (nSPS) is 19.3. The van der Waals surface area contributed by atoms with Crippen molar-refractivity contribution in [3.05, 3.63) is 36.2 Å². The largest absolute Gasteiger partial charge is 0.303 e. The van der Waals surface area contributed by atoms with Crippen LogP contribution in [0.2, 0.25) is 0 Å². The standard InChI is InChI=1S/C16H19N3OS2/c20-22(14-4-2-1-3-5-14)11-10-21-16-18-17-15(12-6-7-12)19(16)13-8-9-13/h1-5,12-13H,6-11H2/t22-/m0/s1. The van der Waals surface area contributed by atoms with Crippen molar-refractivity contribution in [1.82, 2.24) is 14.8 Å². The minimum atomic E-state index is -0.927. The van der Waals surface area contributed by atoms with Crippen molar-refractivity contribution in [1.29, 1.82) is 0 Å². The van der Waals surface area contributed by atoms with Crippen molar-refractivity contribution >= 4 is 22.6 Å². The van der Waals surface area contributed by atoms with Gasteiger partial charge in [-0.05, 0) is 37.8 Å². The van der Waals surface area contributed by atoms with Crippen molar-refractivity contribution < 1.29 is 4.21 Å². The third-order valence-corrected chi connectivity index (χ3v) is 6.63. The second kappa shape index (κ2) is 6.16. The van der Waals surface area contributed by atoms with Gasteiger partial charge in [0.2, 0.25) is 0 Å². The molecule has 2 aliphatic carbocycles. The van der Waals surface area contributed by atoms with Crippen molar-refractivity contribution in [2.45, 2.75) is 47.7 Å². The minimum absolute atomic E-state index is 0.618. The van der Waals surface area contributed by atoms with E-state index >= 15 is 0 Å². The maximum Gasteiger partial charge on any atom is 0.191 e. The van der Waals surface area contributed by atoms with Crippen LogP contribution in [0.4, 0.5) is 0 Å². The number of thioether (sulfide) groups is 1. The summed E-state index contributed by atoms with van der Waals surface area (Å²) in [6.07, 6.45) is 5.02. The van der Waals surface area contributed by atoms with Crippen LogP contribution in [0.1, 0.15) is 43.5 Å². The lowest BCUT2D eigenvalue weighted by molar-refractivity contribution is 0.627. The van der Waals surface area contributed by atoms with Gasteiger partial charge in [-0.15, -0.1) is 10.2 Å². The van der Waals surface area contributed by atoms with Gasteiger partial charge >= 0.3 is 0 Å². The van der Waals surface area contributed by atoms with Crippen LogP contribution in [-0.2, 0) is 10.8 Å². The quantitative estimate of drug-likeness (QED) is 0.729. The SMILES string of the molecule is O=[S@@](CCSc1nnc(C2CC2)n1C1CC1)c1ccccc1. The number of hydrogen-bond donors (Lipinski definition) is 0. The van der Waals surface area contributed by atoms with Crippen LogP contribution in [-0.4, -0.2) is 30.5 Å². The molecular formula is C16H19N3OS2. The Hall–Kier alpha value is -1.14. The first-order valence-electron chi connectivity index (χ1n) is 7.84. The summed E-state index contributed by atoms with van der Waals surface area (Å²) in [5, 5.41) is 9.82. The van der Waals surface area contributed by atoms with E-state index in [0.717, 1.165) is 15.8 Å². The van der Waals surface area contributed by atoms with E-state index in [-0.39, 0.29) is 0 Å². The van der Waals surface area contributed by atoms with Gasteiger partial charge in [0.15, 0.2) is 5.16 Å². The Morgan fingerprint density at radius 2 is 1.91 bits per heavy atom. The molecule has 0 radical (unpaired) electrons. The molecule has 116 valence electrons. The highest BCUT2D eigenvalue weighted by Gasteiger charge is 2.36. The summed E-state index contributed by atoms with van der Waals surface area (Å²) in [5.74, 6) is 3.30. The summed E-state index contributed by atoms with van der Waals surface area (Å²) in [4.78, 5) is 0.908. The maximum atomic E-state index is 12.2. The molecule has 0 N–H and O–H groups in total. The van der Waals surface area contributed by atoms with Crippen LogP contribution in [0.25, 0.3) is 0 Å². The van der Waals surface area contributed by atoms with Gasteiger partial charge in [0.05, 0.1) is 10.8 Å². The molecule has 4 rings (SSSR count). The molecule has 0 amide bonds. The molecule has 2 aliphatic rings. The van der Waals surface area contributed by atoms with E-state index < -0.39 is 10.8 Å². The highest BCUT2D eigenvalue weighted by Crippen LogP contribution is 2.45. The first-order valence-corrected chi connectivity index (χ1v) is 10.1. The third-order valence-electron chi connectivity index (χ3n) is 4.05. The van der Waals surface area contributed by atoms with Gasteiger partial charge in [-0.1, -0.05) is 30.0 Å². The molecule has 1 heterocycles. The second-order valence-corrected chi connectivity index (χ2v) is 8.56. The van der Waals surface area contributed by atoms with Gasteiger partial charge < -0.3 is 4.57 Å². The monoisotopic (exact) mass is 333 g/mol. The molecule has 0 spiro atoms. The second-order valence-electron chi connectivity index (χ2n) is 5.93. The molecule has 0 unspecified atom stereocenters. The molecule has 22 heavy (non-hydrogen) atoms. The highest BCUT2D eigenvalue weighted by atomic mass is 32.2. The van der Waals surface area contributed by atoms with Crippen LogP contribution < -0.4 is 0 Å². The van der Waals surface area contributed by atoms with E-state index in [1.807, 2.05) is 30.3 Å². The predicted octanol–water partition coefficient (Wildman–Crippen LogP) is 3.39. The number of nitrogens with zero attached hydrogens (tertiary/aromatic N) is 3. The molecule has 6 heteroatoms. The summed E-state index contributed by atoms with van der Waals surface area (Å²) in [6.45, 7) is 0. The predicted molar refractivity (Wildman–Crippen MR) is 88.7 cm³/mol. The smallest absolute Gasteiger partial charge is 0.191 e. The van der Waals surface area contributed by atoms with E-state index in [9.17, 15) is 4.21 Å². The van der Waals surface area contributed by atoms with Crippen molar-refractivity contribution in [2.24, 2.45) is 0 Å². The van der Waals surface area contributed by atoms with E-state index in [0.29, 0.717) is 17.7 Å². The van der Waals surface area contributed by atoms with Crippen molar-refractivity contribution in [2.75, 3.05) is 11.5 Å². The number of rotatable bonds is 7. The van der Waals surface area contributed by atoms with E-state index in [2.05, 4.69) is 14.8 Å². The first kappa shape index (κ1) is 14.5. The fourth-order valence-corrected chi connectivity index (χ4v) is 4.88. The van der Waals surface area contributed by atoms with Gasteiger partial charge in [0.1, 0.15) is 5.82 Å². The average molecular weight is 333 g/mol. The van der Waals surface area contributed by atoms with Gasteiger partial charge in [-0.3, -0.25) is 4.21 Å². The van der Waals surface area contributed by atoms with Crippen LogP contribution in [0, 0.1) is 0 Å². The number of hydrogen-bond acceptors (Lipinski definition) is 4. The Morgan fingerprint density at radius 1 is 1.14 bits per heavy atom. The topological polar surface area (TPSA) is 47.8 Å². The van der Waals surface area contributed by atoms with Crippen LogP contribution in [0.15, 0.2) is 40.4 Å². The van der Waals surface area contributed by atoms with Crippen LogP contribution in [0.5, 0.6) is 0 Å². The maximum absolute atomic E-state index is 12.2. The summed E-state index contributed by atoms with van der Waals surface area (Å²) in [5.41, 5.74) is 0. The zero-order valence-electron chi connectivity index (χ0n) is 12.4. The Morgan fingerprint density at radius 3 is 2.59 bits per heavy atom. The van der Waals surface area contributed by atoms with Crippen LogP contribution in [0.3, 0.4) is 0 Å². The molecule has 2 saturated carbocycles. The molecular weight excluding hydrogens is 314 g/mol. The molecule has 1 aromatic carbocycles. The Bertz CT molecular complexity index is 678. The lowest BCUT2D eigenvalue weighted by Crippen LogP contribution is -2.04. The average Bonchev–Trinajstić information content (AvgIpc) is 3.47. The summed E-state index contributed by atoms with van der Waals surface area (Å²) in [6, 6.07) is 10.3. The molecule has 1 aromatic heterocycles. The lowest BCUT2D eigenvalue weighted by Gasteiger charge is -2.08. The molecule has 0 bridgehead atoms. The molecule has 2 fully saturated rings. The van der Waals surface area contributed by atoms with Gasteiger partial charge in [0, 0.05) is 28.4 Å².